The molecule has 0 saturated carbocycles. The highest BCUT2D eigenvalue weighted by Gasteiger charge is 2.14. The molecule has 0 saturated heterocycles. The summed E-state index contributed by atoms with van der Waals surface area (Å²) in [5, 5.41) is 3.78. The summed E-state index contributed by atoms with van der Waals surface area (Å²) in [5.74, 6) is 0.234. The molecule has 0 spiro atoms. The highest BCUT2D eigenvalue weighted by molar-refractivity contribution is 6.30. The summed E-state index contributed by atoms with van der Waals surface area (Å²) in [6.45, 7) is 0.443. The van der Waals surface area contributed by atoms with Gasteiger partial charge >= 0.3 is 0 Å². The largest absolute Gasteiger partial charge is 0.349 e. The summed E-state index contributed by atoms with van der Waals surface area (Å²) < 4.78 is 15.2. The summed E-state index contributed by atoms with van der Waals surface area (Å²) in [6.07, 6.45) is 5.14. The summed E-state index contributed by atoms with van der Waals surface area (Å²) in [5.41, 5.74) is 3.23. The Hall–Kier alpha value is -2.99. The van der Waals surface area contributed by atoms with Crippen LogP contribution in [-0.4, -0.2) is 19.4 Å². The number of aromatic nitrogens is 4. The van der Waals surface area contributed by atoms with Gasteiger partial charge in [0.25, 0.3) is 0 Å². The van der Waals surface area contributed by atoms with Crippen LogP contribution in [0.1, 0.15) is 5.69 Å². The van der Waals surface area contributed by atoms with E-state index in [0.717, 1.165) is 22.6 Å². The van der Waals surface area contributed by atoms with Gasteiger partial charge < -0.3 is 9.72 Å². The van der Waals surface area contributed by atoms with E-state index in [2.05, 4.69) is 20.3 Å². The molecule has 4 rings (SSSR count). The first-order valence-electron chi connectivity index (χ1n) is 7.64. The lowest BCUT2D eigenvalue weighted by molar-refractivity contribution is 0.628. The van der Waals surface area contributed by atoms with Crippen molar-refractivity contribution in [3.63, 3.8) is 0 Å². The average Bonchev–Trinajstić information content (AvgIpc) is 2.99. The van der Waals surface area contributed by atoms with Crippen LogP contribution in [0, 0.1) is 5.82 Å². The number of nitrogens with one attached hydrogen (secondary N) is 1. The molecule has 4 aromatic rings. The van der Waals surface area contributed by atoms with E-state index < -0.39 is 0 Å². The third-order valence-corrected chi connectivity index (χ3v) is 4.00. The van der Waals surface area contributed by atoms with Crippen LogP contribution in [0.15, 0.2) is 61.1 Å². The van der Waals surface area contributed by atoms with Gasteiger partial charge in [0.05, 0.1) is 23.0 Å². The molecule has 0 fully saturated rings. The smallest absolute Gasteiger partial charge is 0.222 e. The molecule has 0 aliphatic rings. The fraction of sp³-hybridized carbons (Fsp3) is 0.0556. The van der Waals surface area contributed by atoms with Crippen molar-refractivity contribution < 1.29 is 4.39 Å². The van der Waals surface area contributed by atoms with Gasteiger partial charge in [-0.2, -0.15) is 0 Å². The van der Waals surface area contributed by atoms with Gasteiger partial charge in [-0.05, 0) is 42.5 Å². The minimum absolute atomic E-state index is 0.284. The number of rotatable bonds is 4. The van der Waals surface area contributed by atoms with Gasteiger partial charge in [-0.1, -0.05) is 11.6 Å². The van der Waals surface area contributed by atoms with Crippen molar-refractivity contribution in [3.8, 4) is 11.3 Å². The van der Waals surface area contributed by atoms with E-state index in [9.17, 15) is 4.39 Å². The predicted octanol–water partition coefficient (Wildman–Crippen LogP) is 4.20. The van der Waals surface area contributed by atoms with Crippen LogP contribution in [0.25, 0.3) is 16.9 Å². The molecule has 0 radical (unpaired) electrons. The third-order valence-electron chi connectivity index (χ3n) is 3.78. The van der Waals surface area contributed by atoms with Gasteiger partial charge in [-0.25, -0.2) is 19.3 Å². The second-order valence-corrected chi connectivity index (χ2v) is 5.85. The molecule has 5 nitrogen and oxygen atoms in total. The first-order valence-corrected chi connectivity index (χ1v) is 8.02. The molecule has 0 atom stereocenters. The van der Waals surface area contributed by atoms with Gasteiger partial charge in [-0.3, -0.25) is 0 Å². The second kappa shape index (κ2) is 6.49. The zero-order chi connectivity index (χ0) is 17.2. The number of nitrogens with zero attached hydrogens (tertiary/aromatic N) is 4. The Labute approximate surface area is 148 Å². The minimum Gasteiger partial charge on any atom is -0.349 e. The molecule has 0 bridgehead atoms. The highest BCUT2D eigenvalue weighted by atomic mass is 35.5. The zero-order valence-electron chi connectivity index (χ0n) is 13.0. The van der Waals surface area contributed by atoms with Crippen molar-refractivity contribution in [1.29, 1.82) is 0 Å². The summed E-state index contributed by atoms with van der Waals surface area (Å²) >= 11 is 6.14. The van der Waals surface area contributed by atoms with E-state index in [1.54, 1.807) is 42.9 Å². The average molecular weight is 354 g/mol. The number of pyridine rings is 1. The predicted molar refractivity (Wildman–Crippen MR) is 95.0 cm³/mol. The van der Waals surface area contributed by atoms with E-state index in [1.165, 1.54) is 12.1 Å². The number of hydrogen-bond acceptors (Lipinski definition) is 4. The number of imidazole rings is 1. The van der Waals surface area contributed by atoms with E-state index in [0.29, 0.717) is 17.5 Å². The highest BCUT2D eigenvalue weighted by Crippen LogP contribution is 2.26. The fourth-order valence-electron chi connectivity index (χ4n) is 2.63. The van der Waals surface area contributed by atoms with Crippen LogP contribution in [0.3, 0.4) is 0 Å². The Morgan fingerprint density at radius 2 is 1.80 bits per heavy atom. The summed E-state index contributed by atoms with van der Waals surface area (Å²) in [7, 11) is 0. The Morgan fingerprint density at radius 1 is 1.04 bits per heavy atom. The van der Waals surface area contributed by atoms with Gasteiger partial charge in [0.1, 0.15) is 11.5 Å². The maximum Gasteiger partial charge on any atom is 0.222 e. The zero-order valence-corrected chi connectivity index (χ0v) is 13.8. The SMILES string of the molecule is Fc1ccc(-c2nc3ccc(Cl)cn3c2CNc2ncccn2)cc1. The van der Waals surface area contributed by atoms with Crippen molar-refractivity contribution in [2.24, 2.45) is 0 Å². The molecule has 0 aliphatic carbocycles. The molecule has 1 aromatic carbocycles. The Bertz CT molecular complexity index is 1020. The van der Waals surface area contributed by atoms with Crippen LogP contribution >= 0.6 is 11.6 Å². The van der Waals surface area contributed by atoms with E-state index >= 15 is 0 Å². The first-order chi connectivity index (χ1) is 12.2. The Kier molecular flexibility index (Phi) is 4.03. The molecule has 124 valence electrons. The summed E-state index contributed by atoms with van der Waals surface area (Å²) in [4.78, 5) is 13.0. The van der Waals surface area contributed by atoms with E-state index in [4.69, 9.17) is 11.6 Å². The van der Waals surface area contributed by atoms with Crippen LogP contribution in [0.5, 0.6) is 0 Å². The van der Waals surface area contributed by atoms with Crippen LogP contribution in [0.4, 0.5) is 10.3 Å². The monoisotopic (exact) mass is 353 g/mol. The number of benzene rings is 1. The van der Waals surface area contributed by atoms with Crippen LogP contribution in [-0.2, 0) is 6.54 Å². The second-order valence-electron chi connectivity index (χ2n) is 5.42. The lowest BCUT2D eigenvalue weighted by Crippen LogP contribution is -2.06. The molecule has 0 aliphatic heterocycles. The van der Waals surface area contributed by atoms with Crippen LogP contribution < -0.4 is 5.32 Å². The lowest BCUT2D eigenvalue weighted by Gasteiger charge is -2.07. The molecule has 3 heterocycles. The topological polar surface area (TPSA) is 55.1 Å². The van der Waals surface area contributed by atoms with Gasteiger partial charge in [-0.15, -0.1) is 0 Å². The quantitative estimate of drug-likeness (QED) is 0.597. The molecular weight excluding hydrogens is 341 g/mol. The number of halogens is 2. The maximum atomic E-state index is 13.3. The van der Waals surface area contributed by atoms with Crippen molar-refractivity contribution in [2.45, 2.75) is 6.54 Å². The van der Waals surface area contributed by atoms with Gasteiger partial charge in [0.15, 0.2) is 0 Å². The normalized spacial score (nSPS) is 11.0. The summed E-state index contributed by atoms with van der Waals surface area (Å²) in [6, 6.07) is 11.6. The maximum absolute atomic E-state index is 13.3. The van der Waals surface area contributed by atoms with Crippen molar-refractivity contribution in [2.75, 3.05) is 5.32 Å². The molecule has 3 aromatic heterocycles. The standard InChI is InChI=1S/C18H13ClFN5/c19-13-4-7-16-24-17(12-2-5-14(20)6-3-12)15(25(16)11-13)10-23-18-21-8-1-9-22-18/h1-9,11H,10H2,(H,21,22,23). The van der Waals surface area contributed by atoms with Crippen molar-refractivity contribution in [3.05, 3.63) is 77.6 Å². The van der Waals surface area contributed by atoms with Crippen molar-refractivity contribution in [1.82, 2.24) is 19.4 Å². The molecular formula is C18H13ClFN5. The number of anilines is 1. The van der Waals surface area contributed by atoms with E-state index in [-0.39, 0.29) is 5.82 Å². The minimum atomic E-state index is -0.284. The van der Waals surface area contributed by atoms with Gasteiger partial charge in [0.2, 0.25) is 5.95 Å². The molecule has 7 heteroatoms. The molecule has 0 amide bonds. The molecule has 1 N–H and O–H groups in total. The lowest BCUT2D eigenvalue weighted by atomic mass is 10.1. The van der Waals surface area contributed by atoms with Crippen molar-refractivity contribution >= 4 is 23.2 Å². The first kappa shape index (κ1) is 15.5. The molecule has 25 heavy (non-hydrogen) atoms. The van der Waals surface area contributed by atoms with Crippen LogP contribution in [0.2, 0.25) is 5.02 Å². The number of hydrogen-bond donors (Lipinski definition) is 1. The fourth-order valence-corrected chi connectivity index (χ4v) is 2.79. The van der Waals surface area contributed by atoms with Gasteiger partial charge in [0, 0.05) is 24.2 Å². The Morgan fingerprint density at radius 3 is 2.56 bits per heavy atom. The third kappa shape index (κ3) is 3.16. The molecule has 0 unspecified atom stereocenters. The Balaban J connectivity index is 1.79. The van der Waals surface area contributed by atoms with E-state index in [1.807, 2.05) is 10.5 Å². The number of fused-ring (bicyclic) bond motifs is 1.